The van der Waals surface area contributed by atoms with Gasteiger partial charge >= 0.3 is 0 Å². The van der Waals surface area contributed by atoms with Gasteiger partial charge in [0.15, 0.2) is 5.76 Å². The Hall–Kier alpha value is -1.36. The van der Waals surface area contributed by atoms with Gasteiger partial charge in [-0.3, -0.25) is 4.79 Å². The molecule has 2 N–H and O–H groups in total. The van der Waals surface area contributed by atoms with E-state index in [1.165, 1.54) is 0 Å². The maximum atomic E-state index is 11.5. The molecule has 0 aliphatic carbocycles. The van der Waals surface area contributed by atoms with Gasteiger partial charge in [0.05, 0.1) is 18.8 Å². The van der Waals surface area contributed by atoms with Crippen molar-refractivity contribution in [3.8, 4) is 0 Å². The number of nitrogens with zero attached hydrogens (tertiary/aromatic N) is 1. The normalized spacial score (nSPS) is 21.0. The molecule has 1 aliphatic rings. The van der Waals surface area contributed by atoms with Gasteiger partial charge in [0.2, 0.25) is 5.91 Å². The predicted molar refractivity (Wildman–Crippen MR) is 49.4 cm³/mol. The number of carbonyl (C=O) groups is 1. The number of rotatable bonds is 3. The highest BCUT2D eigenvalue weighted by Gasteiger charge is 2.21. The smallest absolute Gasteiger partial charge is 0.237 e. The summed E-state index contributed by atoms with van der Waals surface area (Å²) in [4.78, 5) is 11.5. The van der Waals surface area contributed by atoms with Crippen molar-refractivity contribution in [2.75, 3.05) is 6.54 Å². The molecule has 2 heterocycles. The van der Waals surface area contributed by atoms with Crippen molar-refractivity contribution in [1.29, 1.82) is 0 Å². The first kappa shape index (κ1) is 9.21. The van der Waals surface area contributed by atoms with Crippen molar-refractivity contribution in [3.63, 3.8) is 0 Å². The third kappa shape index (κ3) is 2.11. The van der Waals surface area contributed by atoms with Crippen LogP contribution in [0.2, 0.25) is 0 Å². The van der Waals surface area contributed by atoms with Gasteiger partial charge in [-0.15, -0.1) is 0 Å². The SMILES string of the molecule is O=C(NCc1ccno1)[C@H]1CCCN1. The summed E-state index contributed by atoms with van der Waals surface area (Å²) in [6, 6.07) is 1.71. The fourth-order valence-corrected chi connectivity index (χ4v) is 1.54. The Morgan fingerprint density at radius 2 is 2.71 bits per heavy atom. The standard InChI is InChI=1S/C9H13N3O2/c13-9(8-2-1-4-10-8)11-6-7-3-5-12-14-7/h3,5,8,10H,1-2,4,6H2,(H,11,13)/t8-/m1/s1. The summed E-state index contributed by atoms with van der Waals surface area (Å²) in [5.74, 6) is 0.718. The molecule has 76 valence electrons. The van der Waals surface area contributed by atoms with Crippen LogP contribution in [0.25, 0.3) is 0 Å². The summed E-state index contributed by atoms with van der Waals surface area (Å²) in [6.07, 6.45) is 3.55. The lowest BCUT2D eigenvalue weighted by molar-refractivity contribution is -0.123. The lowest BCUT2D eigenvalue weighted by atomic mass is 10.2. The summed E-state index contributed by atoms with van der Waals surface area (Å²) in [6.45, 7) is 1.34. The van der Waals surface area contributed by atoms with Crippen LogP contribution in [-0.4, -0.2) is 23.7 Å². The Bertz CT molecular complexity index is 291. The highest BCUT2D eigenvalue weighted by Crippen LogP contribution is 2.05. The van der Waals surface area contributed by atoms with Gasteiger partial charge in [-0.2, -0.15) is 0 Å². The molecule has 0 radical (unpaired) electrons. The molecular formula is C9H13N3O2. The van der Waals surface area contributed by atoms with Gasteiger partial charge < -0.3 is 15.2 Å². The number of aromatic nitrogens is 1. The largest absolute Gasteiger partial charge is 0.360 e. The molecule has 2 rings (SSSR count). The molecule has 1 aromatic rings. The maximum absolute atomic E-state index is 11.5. The van der Waals surface area contributed by atoms with Crippen LogP contribution < -0.4 is 10.6 Å². The average Bonchev–Trinajstić information content (AvgIpc) is 2.87. The molecule has 1 aliphatic heterocycles. The highest BCUT2D eigenvalue weighted by molar-refractivity contribution is 5.81. The fraction of sp³-hybridized carbons (Fsp3) is 0.556. The van der Waals surface area contributed by atoms with Gasteiger partial charge in [0.25, 0.3) is 0 Å². The summed E-state index contributed by atoms with van der Waals surface area (Å²) in [5.41, 5.74) is 0. The first-order chi connectivity index (χ1) is 6.86. The van der Waals surface area contributed by atoms with Crippen molar-refractivity contribution in [1.82, 2.24) is 15.8 Å². The van der Waals surface area contributed by atoms with E-state index in [2.05, 4.69) is 15.8 Å². The van der Waals surface area contributed by atoms with Crippen molar-refractivity contribution >= 4 is 5.91 Å². The van der Waals surface area contributed by atoms with E-state index >= 15 is 0 Å². The van der Waals surface area contributed by atoms with E-state index in [-0.39, 0.29) is 11.9 Å². The molecule has 1 atom stereocenters. The van der Waals surface area contributed by atoms with E-state index in [0.29, 0.717) is 12.3 Å². The minimum absolute atomic E-state index is 0.0297. The molecule has 1 aromatic heterocycles. The second-order valence-corrected chi connectivity index (χ2v) is 3.35. The number of carbonyl (C=O) groups excluding carboxylic acids is 1. The summed E-state index contributed by atoms with van der Waals surface area (Å²) in [5, 5.41) is 9.48. The van der Waals surface area contributed by atoms with E-state index in [0.717, 1.165) is 19.4 Å². The first-order valence-corrected chi connectivity index (χ1v) is 4.77. The molecular weight excluding hydrogens is 182 g/mol. The molecule has 0 spiro atoms. The minimum Gasteiger partial charge on any atom is -0.360 e. The molecule has 0 aromatic carbocycles. The Labute approximate surface area is 81.8 Å². The predicted octanol–water partition coefficient (Wildman–Crippen LogP) is 0.0428. The fourth-order valence-electron chi connectivity index (χ4n) is 1.54. The minimum atomic E-state index is -0.0297. The van der Waals surface area contributed by atoms with Crippen LogP contribution in [0.4, 0.5) is 0 Å². The van der Waals surface area contributed by atoms with E-state index < -0.39 is 0 Å². The number of hydrogen-bond donors (Lipinski definition) is 2. The third-order valence-electron chi connectivity index (χ3n) is 2.30. The molecule has 1 fully saturated rings. The van der Waals surface area contributed by atoms with Crippen molar-refractivity contribution in [2.45, 2.75) is 25.4 Å². The average molecular weight is 195 g/mol. The molecule has 0 bridgehead atoms. The van der Waals surface area contributed by atoms with Crippen LogP contribution >= 0.6 is 0 Å². The molecule has 1 saturated heterocycles. The molecule has 0 saturated carbocycles. The quantitative estimate of drug-likeness (QED) is 0.714. The molecule has 0 unspecified atom stereocenters. The van der Waals surface area contributed by atoms with Crippen molar-refractivity contribution in [3.05, 3.63) is 18.0 Å². The zero-order chi connectivity index (χ0) is 9.80. The second-order valence-electron chi connectivity index (χ2n) is 3.35. The lowest BCUT2D eigenvalue weighted by Crippen LogP contribution is -2.39. The topological polar surface area (TPSA) is 67.2 Å². The summed E-state index contributed by atoms with van der Waals surface area (Å²) < 4.78 is 4.86. The number of nitrogens with one attached hydrogen (secondary N) is 2. The molecule has 1 amide bonds. The summed E-state index contributed by atoms with van der Waals surface area (Å²) in [7, 11) is 0. The van der Waals surface area contributed by atoms with E-state index in [1.807, 2.05) is 0 Å². The first-order valence-electron chi connectivity index (χ1n) is 4.77. The van der Waals surface area contributed by atoms with Gasteiger partial charge in [-0.1, -0.05) is 5.16 Å². The van der Waals surface area contributed by atoms with Gasteiger partial charge in [-0.25, -0.2) is 0 Å². The maximum Gasteiger partial charge on any atom is 0.237 e. The zero-order valence-electron chi connectivity index (χ0n) is 7.82. The van der Waals surface area contributed by atoms with E-state index in [4.69, 9.17) is 4.52 Å². The van der Waals surface area contributed by atoms with Crippen LogP contribution in [0.5, 0.6) is 0 Å². The monoisotopic (exact) mass is 195 g/mol. The van der Waals surface area contributed by atoms with Crippen LogP contribution in [-0.2, 0) is 11.3 Å². The molecule has 5 nitrogen and oxygen atoms in total. The van der Waals surface area contributed by atoms with Crippen molar-refractivity contribution in [2.24, 2.45) is 0 Å². The van der Waals surface area contributed by atoms with Gasteiger partial charge in [-0.05, 0) is 19.4 Å². The second kappa shape index (κ2) is 4.23. The Morgan fingerprint density at radius 3 is 3.36 bits per heavy atom. The van der Waals surface area contributed by atoms with Crippen LogP contribution in [0.1, 0.15) is 18.6 Å². The number of amides is 1. The lowest BCUT2D eigenvalue weighted by Gasteiger charge is -2.09. The van der Waals surface area contributed by atoms with Gasteiger partial charge in [0, 0.05) is 6.07 Å². The van der Waals surface area contributed by atoms with Gasteiger partial charge in [0.1, 0.15) is 0 Å². The molecule has 5 heteroatoms. The van der Waals surface area contributed by atoms with Crippen LogP contribution in [0.15, 0.2) is 16.8 Å². The van der Waals surface area contributed by atoms with E-state index in [1.54, 1.807) is 12.3 Å². The summed E-state index contributed by atoms with van der Waals surface area (Å²) >= 11 is 0. The number of hydrogen-bond acceptors (Lipinski definition) is 4. The Balaban J connectivity index is 1.77. The van der Waals surface area contributed by atoms with Crippen LogP contribution in [0.3, 0.4) is 0 Å². The van der Waals surface area contributed by atoms with Crippen LogP contribution in [0, 0.1) is 0 Å². The zero-order valence-corrected chi connectivity index (χ0v) is 7.82. The molecule has 14 heavy (non-hydrogen) atoms. The van der Waals surface area contributed by atoms with E-state index in [9.17, 15) is 4.79 Å². The highest BCUT2D eigenvalue weighted by atomic mass is 16.5. The Kier molecular flexibility index (Phi) is 2.78. The third-order valence-corrected chi connectivity index (χ3v) is 2.30. The van der Waals surface area contributed by atoms with Crippen molar-refractivity contribution < 1.29 is 9.32 Å². The Morgan fingerprint density at radius 1 is 1.79 bits per heavy atom.